The summed E-state index contributed by atoms with van der Waals surface area (Å²) in [7, 11) is 0. The van der Waals surface area contributed by atoms with Crippen LogP contribution in [0.25, 0.3) is 0 Å². The summed E-state index contributed by atoms with van der Waals surface area (Å²) >= 11 is 0. The van der Waals surface area contributed by atoms with Crippen molar-refractivity contribution in [2.24, 2.45) is 5.92 Å². The van der Waals surface area contributed by atoms with Crippen LogP contribution in [0.15, 0.2) is 28.7 Å². The Morgan fingerprint density at radius 1 is 1.36 bits per heavy atom. The highest BCUT2D eigenvalue weighted by Gasteiger charge is 2.26. The minimum absolute atomic E-state index is 0.244. The molecule has 1 atom stereocenters. The maximum Gasteiger partial charge on any atom is 0.118 e. The van der Waals surface area contributed by atoms with Gasteiger partial charge < -0.3 is 9.52 Å². The van der Waals surface area contributed by atoms with Crippen LogP contribution in [-0.4, -0.2) is 53.7 Å². The Labute approximate surface area is 134 Å². The third-order valence-corrected chi connectivity index (χ3v) is 4.19. The van der Waals surface area contributed by atoms with Crippen LogP contribution in [-0.2, 0) is 6.54 Å². The number of piperazine rings is 1. The molecule has 0 saturated carbocycles. The standard InChI is InChI=1S/C18H30N2O2/c1-15(2)5-4-9-19-10-11-20(17(13-19)8-12-21)14-18-7-6-16(3)22-18/h4-7,15,17,21H,8-14H2,1-3H3. The second kappa shape index (κ2) is 8.51. The van der Waals surface area contributed by atoms with Crippen molar-refractivity contribution in [3.8, 4) is 0 Å². The number of aliphatic hydroxyl groups is 1. The summed E-state index contributed by atoms with van der Waals surface area (Å²) in [6.45, 7) is 11.6. The van der Waals surface area contributed by atoms with Crippen molar-refractivity contribution >= 4 is 0 Å². The van der Waals surface area contributed by atoms with Gasteiger partial charge in [0.15, 0.2) is 0 Å². The molecule has 22 heavy (non-hydrogen) atoms. The van der Waals surface area contributed by atoms with Crippen molar-refractivity contribution in [2.75, 3.05) is 32.8 Å². The average molecular weight is 306 g/mol. The molecule has 4 heteroatoms. The van der Waals surface area contributed by atoms with Crippen molar-refractivity contribution in [3.63, 3.8) is 0 Å². The summed E-state index contributed by atoms with van der Waals surface area (Å²) in [5.74, 6) is 2.59. The molecule has 1 N–H and O–H groups in total. The lowest BCUT2D eigenvalue weighted by Gasteiger charge is -2.40. The molecule has 0 amide bonds. The van der Waals surface area contributed by atoms with Gasteiger partial charge in [-0.15, -0.1) is 0 Å². The average Bonchev–Trinajstić information content (AvgIpc) is 2.87. The van der Waals surface area contributed by atoms with Crippen LogP contribution in [0.1, 0.15) is 31.8 Å². The summed E-state index contributed by atoms with van der Waals surface area (Å²) < 4.78 is 5.70. The van der Waals surface area contributed by atoms with Gasteiger partial charge in [0, 0.05) is 38.8 Å². The minimum atomic E-state index is 0.244. The van der Waals surface area contributed by atoms with E-state index in [1.165, 1.54) is 0 Å². The Bertz CT molecular complexity index is 467. The summed E-state index contributed by atoms with van der Waals surface area (Å²) in [5, 5.41) is 9.36. The van der Waals surface area contributed by atoms with E-state index in [-0.39, 0.29) is 6.61 Å². The molecule has 0 aliphatic carbocycles. The zero-order chi connectivity index (χ0) is 15.9. The number of hydrogen-bond donors (Lipinski definition) is 1. The molecule has 1 unspecified atom stereocenters. The monoisotopic (exact) mass is 306 g/mol. The van der Waals surface area contributed by atoms with Crippen molar-refractivity contribution < 1.29 is 9.52 Å². The van der Waals surface area contributed by atoms with Crippen molar-refractivity contribution in [3.05, 3.63) is 35.8 Å². The first-order chi connectivity index (χ1) is 10.6. The molecule has 1 aromatic heterocycles. The van der Waals surface area contributed by atoms with E-state index >= 15 is 0 Å². The molecule has 2 heterocycles. The highest BCUT2D eigenvalue weighted by Crippen LogP contribution is 2.18. The van der Waals surface area contributed by atoms with Crippen LogP contribution in [0.4, 0.5) is 0 Å². The van der Waals surface area contributed by atoms with E-state index in [0.717, 1.165) is 50.7 Å². The molecule has 1 aromatic rings. The summed E-state index contributed by atoms with van der Waals surface area (Å²) in [6.07, 6.45) is 5.36. The molecule has 124 valence electrons. The Hall–Kier alpha value is -1.10. The fraction of sp³-hybridized carbons (Fsp3) is 0.667. The van der Waals surface area contributed by atoms with E-state index < -0.39 is 0 Å². The first kappa shape index (κ1) is 17.3. The largest absolute Gasteiger partial charge is 0.465 e. The molecule has 0 aromatic carbocycles. The van der Waals surface area contributed by atoms with E-state index in [9.17, 15) is 5.11 Å². The molecule has 0 radical (unpaired) electrons. The molecule has 4 nitrogen and oxygen atoms in total. The van der Waals surface area contributed by atoms with Crippen LogP contribution in [0.3, 0.4) is 0 Å². The fourth-order valence-corrected chi connectivity index (χ4v) is 3.01. The van der Waals surface area contributed by atoms with Crippen molar-refractivity contribution in [2.45, 2.75) is 39.8 Å². The zero-order valence-electron chi connectivity index (χ0n) is 14.2. The van der Waals surface area contributed by atoms with E-state index in [1.54, 1.807) is 0 Å². The first-order valence-corrected chi connectivity index (χ1v) is 8.37. The van der Waals surface area contributed by atoms with Gasteiger partial charge in [-0.1, -0.05) is 26.0 Å². The molecule has 1 saturated heterocycles. The Morgan fingerprint density at radius 2 is 2.18 bits per heavy atom. The van der Waals surface area contributed by atoms with E-state index in [2.05, 4.69) is 41.9 Å². The van der Waals surface area contributed by atoms with Crippen LogP contribution < -0.4 is 0 Å². The maximum absolute atomic E-state index is 9.36. The Morgan fingerprint density at radius 3 is 2.82 bits per heavy atom. The van der Waals surface area contributed by atoms with Gasteiger partial charge in [-0.3, -0.25) is 9.80 Å². The second-order valence-corrected chi connectivity index (χ2v) is 6.58. The van der Waals surface area contributed by atoms with Crippen molar-refractivity contribution in [1.29, 1.82) is 0 Å². The smallest absolute Gasteiger partial charge is 0.118 e. The predicted molar refractivity (Wildman–Crippen MR) is 89.8 cm³/mol. The zero-order valence-corrected chi connectivity index (χ0v) is 14.2. The molecule has 0 bridgehead atoms. The predicted octanol–water partition coefficient (Wildman–Crippen LogP) is 2.67. The summed E-state index contributed by atoms with van der Waals surface area (Å²) in [6, 6.07) is 4.48. The SMILES string of the molecule is Cc1ccc(CN2CCN(CC=CC(C)C)CC2CCO)o1. The van der Waals surface area contributed by atoms with Crippen LogP contribution in [0, 0.1) is 12.8 Å². The number of furan rings is 1. The number of rotatable bonds is 7. The number of nitrogens with zero attached hydrogens (tertiary/aromatic N) is 2. The van der Waals surface area contributed by atoms with Crippen LogP contribution in [0.5, 0.6) is 0 Å². The minimum Gasteiger partial charge on any atom is -0.465 e. The molecular formula is C18H30N2O2. The molecule has 1 aliphatic heterocycles. The van der Waals surface area contributed by atoms with Gasteiger partial charge in [-0.05, 0) is 31.4 Å². The maximum atomic E-state index is 9.36. The van der Waals surface area contributed by atoms with E-state index in [1.807, 2.05) is 13.0 Å². The fourth-order valence-electron chi connectivity index (χ4n) is 3.01. The van der Waals surface area contributed by atoms with Gasteiger partial charge in [0.25, 0.3) is 0 Å². The molecule has 1 aliphatic rings. The third-order valence-electron chi connectivity index (χ3n) is 4.19. The van der Waals surface area contributed by atoms with Gasteiger partial charge in [0.05, 0.1) is 6.54 Å². The molecule has 0 spiro atoms. The normalized spacial score (nSPS) is 21.2. The second-order valence-electron chi connectivity index (χ2n) is 6.58. The molecular weight excluding hydrogens is 276 g/mol. The lowest BCUT2D eigenvalue weighted by Crippen LogP contribution is -2.52. The summed E-state index contributed by atoms with van der Waals surface area (Å²) in [5.41, 5.74) is 0. The summed E-state index contributed by atoms with van der Waals surface area (Å²) in [4.78, 5) is 4.92. The van der Waals surface area contributed by atoms with Gasteiger partial charge in [-0.25, -0.2) is 0 Å². The number of aryl methyl sites for hydroxylation is 1. The highest BCUT2D eigenvalue weighted by molar-refractivity contribution is 5.06. The van der Waals surface area contributed by atoms with Crippen LogP contribution >= 0.6 is 0 Å². The Kier molecular flexibility index (Phi) is 6.68. The van der Waals surface area contributed by atoms with Crippen LogP contribution in [0.2, 0.25) is 0 Å². The lowest BCUT2D eigenvalue weighted by atomic mass is 10.1. The Balaban J connectivity index is 1.90. The number of allylic oxidation sites excluding steroid dienone is 1. The number of aliphatic hydroxyl groups excluding tert-OH is 1. The van der Waals surface area contributed by atoms with E-state index in [4.69, 9.17) is 4.42 Å². The number of hydrogen-bond acceptors (Lipinski definition) is 4. The molecule has 2 rings (SSSR count). The molecule has 1 fully saturated rings. The van der Waals surface area contributed by atoms with Gasteiger partial charge >= 0.3 is 0 Å². The van der Waals surface area contributed by atoms with E-state index in [0.29, 0.717) is 12.0 Å². The van der Waals surface area contributed by atoms with Gasteiger partial charge in [-0.2, -0.15) is 0 Å². The topological polar surface area (TPSA) is 39.9 Å². The lowest BCUT2D eigenvalue weighted by molar-refractivity contribution is 0.0546. The quantitative estimate of drug-likeness (QED) is 0.786. The third kappa shape index (κ3) is 5.27. The first-order valence-electron chi connectivity index (χ1n) is 8.37. The van der Waals surface area contributed by atoms with Gasteiger partial charge in [0.2, 0.25) is 0 Å². The highest BCUT2D eigenvalue weighted by atomic mass is 16.3. The van der Waals surface area contributed by atoms with Crippen molar-refractivity contribution in [1.82, 2.24) is 9.80 Å². The van der Waals surface area contributed by atoms with Gasteiger partial charge in [0.1, 0.15) is 11.5 Å².